The molecule has 0 spiro atoms. The zero-order chi connectivity index (χ0) is 18.4. The van der Waals surface area contributed by atoms with Gasteiger partial charge in [-0.05, 0) is 48.5 Å². The van der Waals surface area contributed by atoms with Gasteiger partial charge in [0.15, 0.2) is 0 Å². The molecule has 0 aliphatic rings. The van der Waals surface area contributed by atoms with Crippen LogP contribution < -0.4 is 15.4 Å². The Morgan fingerprint density at radius 2 is 1.65 bits per heavy atom. The number of hydrogen-bond donors (Lipinski definition) is 2. The number of anilines is 2. The summed E-state index contributed by atoms with van der Waals surface area (Å²) in [6.45, 7) is 0. The third kappa shape index (κ3) is 4.05. The molecule has 6 heteroatoms. The molecule has 1 aromatic heterocycles. The lowest BCUT2D eigenvalue weighted by atomic mass is 10.1. The molecule has 1 heterocycles. The number of nitrogens with zero attached hydrogens (tertiary/aromatic N) is 1. The van der Waals surface area contributed by atoms with Gasteiger partial charge in [-0.3, -0.25) is 14.6 Å². The monoisotopic (exact) mass is 347 g/mol. The number of pyridine rings is 1. The number of amides is 2. The van der Waals surface area contributed by atoms with Crippen LogP contribution >= 0.6 is 0 Å². The molecule has 0 atom stereocenters. The molecule has 6 nitrogen and oxygen atoms in total. The lowest BCUT2D eigenvalue weighted by molar-refractivity contribution is 0.102. The second-order valence-corrected chi connectivity index (χ2v) is 5.42. The van der Waals surface area contributed by atoms with E-state index in [9.17, 15) is 9.59 Å². The van der Waals surface area contributed by atoms with Crippen molar-refractivity contribution in [2.45, 2.75) is 0 Å². The maximum Gasteiger partial charge on any atom is 0.257 e. The van der Waals surface area contributed by atoms with Gasteiger partial charge in [-0.2, -0.15) is 0 Å². The van der Waals surface area contributed by atoms with Crippen molar-refractivity contribution in [3.05, 3.63) is 84.2 Å². The predicted octanol–water partition coefficient (Wildman–Crippen LogP) is 3.59. The van der Waals surface area contributed by atoms with Crippen molar-refractivity contribution in [2.75, 3.05) is 17.7 Å². The van der Waals surface area contributed by atoms with E-state index in [-0.39, 0.29) is 11.8 Å². The van der Waals surface area contributed by atoms with E-state index in [1.807, 2.05) is 0 Å². The number of hydrogen-bond acceptors (Lipinski definition) is 4. The molecule has 0 radical (unpaired) electrons. The Balaban J connectivity index is 1.77. The highest BCUT2D eigenvalue weighted by Crippen LogP contribution is 2.20. The lowest BCUT2D eigenvalue weighted by Gasteiger charge is -2.11. The fourth-order valence-corrected chi connectivity index (χ4v) is 2.35. The Bertz CT molecular complexity index is 909. The standard InChI is InChI=1S/C20H17N3O3/c1-26-16-10-8-15(9-11-16)22-20(25)17-6-2-3-7-18(17)23-19(24)14-5-4-12-21-13-14/h2-13H,1H3,(H,22,25)(H,23,24). The van der Waals surface area contributed by atoms with Gasteiger partial charge < -0.3 is 15.4 Å². The van der Waals surface area contributed by atoms with Gasteiger partial charge in [0, 0.05) is 18.1 Å². The minimum atomic E-state index is -0.331. The van der Waals surface area contributed by atoms with E-state index >= 15 is 0 Å². The predicted molar refractivity (Wildman–Crippen MR) is 99.6 cm³/mol. The summed E-state index contributed by atoms with van der Waals surface area (Å²) in [6.07, 6.45) is 3.06. The van der Waals surface area contributed by atoms with Gasteiger partial charge in [0.25, 0.3) is 11.8 Å². The van der Waals surface area contributed by atoms with Crippen molar-refractivity contribution in [2.24, 2.45) is 0 Å². The number of rotatable bonds is 5. The first-order valence-electron chi connectivity index (χ1n) is 7.93. The molecule has 0 fully saturated rings. The zero-order valence-corrected chi connectivity index (χ0v) is 14.1. The van der Waals surface area contributed by atoms with Gasteiger partial charge in [0.05, 0.1) is 23.9 Å². The average Bonchev–Trinajstić information content (AvgIpc) is 2.69. The van der Waals surface area contributed by atoms with Gasteiger partial charge in [-0.1, -0.05) is 12.1 Å². The van der Waals surface area contributed by atoms with Crippen molar-refractivity contribution >= 4 is 23.2 Å². The summed E-state index contributed by atoms with van der Waals surface area (Å²) in [7, 11) is 1.58. The fourth-order valence-electron chi connectivity index (χ4n) is 2.35. The molecule has 3 rings (SSSR count). The van der Waals surface area contributed by atoms with Gasteiger partial charge in [0.2, 0.25) is 0 Å². The summed E-state index contributed by atoms with van der Waals surface area (Å²) < 4.78 is 5.10. The van der Waals surface area contributed by atoms with E-state index in [1.165, 1.54) is 6.20 Å². The number of ether oxygens (including phenoxy) is 1. The third-order valence-electron chi connectivity index (χ3n) is 3.69. The molecule has 0 saturated carbocycles. The van der Waals surface area contributed by atoms with Crippen molar-refractivity contribution in [1.82, 2.24) is 4.98 Å². The van der Waals surface area contributed by atoms with Gasteiger partial charge in [0.1, 0.15) is 5.75 Å². The highest BCUT2D eigenvalue weighted by molar-refractivity contribution is 6.12. The third-order valence-corrected chi connectivity index (χ3v) is 3.69. The molecule has 2 N–H and O–H groups in total. The maximum atomic E-state index is 12.6. The quantitative estimate of drug-likeness (QED) is 0.739. The average molecular weight is 347 g/mol. The number of benzene rings is 2. The highest BCUT2D eigenvalue weighted by Gasteiger charge is 2.14. The number of methoxy groups -OCH3 is 1. The Hall–Kier alpha value is -3.67. The van der Waals surface area contributed by atoms with Crippen LogP contribution in [0.5, 0.6) is 5.75 Å². The molecule has 0 aliphatic heterocycles. The highest BCUT2D eigenvalue weighted by atomic mass is 16.5. The van der Waals surface area contributed by atoms with Crippen LogP contribution in [0.4, 0.5) is 11.4 Å². The van der Waals surface area contributed by atoms with Crippen molar-refractivity contribution in [3.8, 4) is 5.75 Å². The Labute approximate surface area is 150 Å². The molecule has 0 bridgehead atoms. The number of carbonyl (C=O) groups is 2. The molecule has 2 aromatic carbocycles. The van der Waals surface area contributed by atoms with E-state index in [1.54, 1.807) is 74.0 Å². The topological polar surface area (TPSA) is 80.3 Å². The number of aromatic nitrogens is 1. The Kier molecular flexibility index (Phi) is 5.24. The van der Waals surface area contributed by atoms with E-state index < -0.39 is 0 Å². The molecule has 0 saturated heterocycles. The SMILES string of the molecule is COc1ccc(NC(=O)c2ccccc2NC(=O)c2cccnc2)cc1. The first-order valence-corrected chi connectivity index (χ1v) is 7.93. The van der Waals surface area contributed by atoms with Crippen LogP contribution in [-0.4, -0.2) is 23.9 Å². The second-order valence-electron chi connectivity index (χ2n) is 5.42. The van der Waals surface area contributed by atoms with Crippen LogP contribution in [0.3, 0.4) is 0 Å². The molecule has 130 valence electrons. The summed E-state index contributed by atoms with van der Waals surface area (Å²) >= 11 is 0. The van der Waals surface area contributed by atoms with Crippen LogP contribution in [0.2, 0.25) is 0 Å². The molecule has 3 aromatic rings. The van der Waals surface area contributed by atoms with Crippen LogP contribution in [-0.2, 0) is 0 Å². The normalized spacial score (nSPS) is 10.0. The number of nitrogens with one attached hydrogen (secondary N) is 2. The maximum absolute atomic E-state index is 12.6. The lowest BCUT2D eigenvalue weighted by Crippen LogP contribution is -2.18. The summed E-state index contributed by atoms with van der Waals surface area (Å²) in [5.74, 6) is 0.0483. The first-order chi connectivity index (χ1) is 12.7. The molecular weight excluding hydrogens is 330 g/mol. The van der Waals surface area contributed by atoms with Gasteiger partial charge in [-0.25, -0.2) is 0 Å². The molecule has 26 heavy (non-hydrogen) atoms. The smallest absolute Gasteiger partial charge is 0.257 e. The summed E-state index contributed by atoms with van der Waals surface area (Å²) in [6, 6.07) is 17.2. The van der Waals surface area contributed by atoms with E-state index in [2.05, 4.69) is 15.6 Å². The van der Waals surface area contributed by atoms with Crippen molar-refractivity contribution < 1.29 is 14.3 Å². The number of para-hydroxylation sites is 1. The Morgan fingerprint density at radius 3 is 2.35 bits per heavy atom. The minimum Gasteiger partial charge on any atom is -0.497 e. The summed E-state index contributed by atoms with van der Waals surface area (Å²) in [5, 5.41) is 5.56. The Morgan fingerprint density at radius 1 is 0.885 bits per heavy atom. The second kappa shape index (κ2) is 7.94. The van der Waals surface area contributed by atoms with Crippen LogP contribution in [0.1, 0.15) is 20.7 Å². The molecular formula is C20H17N3O3. The van der Waals surface area contributed by atoms with E-state index in [0.29, 0.717) is 28.3 Å². The van der Waals surface area contributed by atoms with Crippen LogP contribution in [0, 0.1) is 0 Å². The summed E-state index contributed by atoms with van der Waals surface area (Å²) in [4.78, 5) is 28.8. The molecule has 0 aliphatic carbocycles. The summed E-state index contributed by atoms with van der Waals surface area (Å²) in [5.41, 5.74) is 1.83. The number of carbonyl (C=O) groups excluding carboxylic acids is 2. The van der Waals surface area contributed by atoms with Crippen molar-refractivity contribution in [3.63, 3.8) is 0 Å². The molecule has 0 unspecified atom stereocenters. The minimum absolute atomic E-state index is 0.322. The molecule has 2 amide bonds. The van der Waals surface area contributed by atoms with Gasteiger partial charge >= 0.3 is 0 Å². The van der Waals surface area contributed by atoms with Gasteiger partial charge in [-0.15, -0.1) is 0 Å². The zero-order valence-electron chi connectivity index (χ0n) is 14.1. The fraction of sp³-hybridized carbons (Fsp3) is 0.0500. The first kappa shape index (κ1) is 17.2. The van der Waals surface area contributed by atoms with E-state index in [0.717, 1.165) is 0 Å². The van der Waals surface area contributed by atoms with Crippen LogP contribution in [0.15, 0.2) is 73.1 Å². The van der Waals surface area contributed by atoms with Crippen LogP contribution in [0.25, 0.3) is 0 Å². The largest absolute Gasteiger partial charge is 0.497 e. The van der Waals surface area contributed by atoms with E-state index in [4.69, 9.17) is 4.74 Å². The van der Waals surface area contributed by atoms with Crippen molar-refractivity contribution in [1.29, 1.82) is 0 Å².